The van der Waals surface area contributed by atoms with Gasteiger partial charge in [-0.1, -0.05) is 360 Å². The number of hydrogen-bond donors (Lipinski definition) is 4. The molecule has 69 heavy (non-hydrogen) atoms. The van der Waals surface area contributed by atoms with Gasteiger partial charge in [0, 0.05) is 0 Å². The standard InChI is InChI=1S/C64H127NO4/c1-3-5-7-9-11-13-15-17-19-21-23-25-27-29-30-31-32-33-34-35-37-39-41-43-45-47-49-51-53-55-57-59-63(68)64(69)65-61(60-66)62(67)58-56-54-52-50-48-46-44-42-40-38-36-28-26-24-22-20-18-16-14-12-10-8-6-4-2/h56,58,61-63,66-68H,3-55,57,59-60H2,1-2H3,(H,65,69)/b58-56+. The lowest BCUT2D eigenvalue weighted by atomic mass is 10.0. The van der Waals surface area contributed by atoms with E-state index in [4.69, 9.17) is 0 Å². The number of aliphatic hydroxyl groups is 3. The van der Waals surface area contributed by atoms with E-state index in [1.54, 1.807) is 6.08 Å². The molecule has 5 nitrogen and oxygen atoms in total. The Morgan fingerprint density at radius 3 is 0.797 bits per heavy atom. The molecule has 3 atom stereocenters. The van der Waals surface area contributed by atoms with Crippen molar-refractivity contribution in [3.63, 3.8) is 0 Å². The molecule has 0 fully saturated rings. The molecule has 3 unspecified atom stereocenters. The maximum Gasteiger partial charge on any atom is 0.249 e. The maximum absolute atomic E-state index is 12.6. The minimum absolute atomic E-state index is 0.358. The predicted octanol–water partition coefficient (Wildman–Crippen LogP) is 20.2. The van der Waals surface area contributed by atoms with Gasteiger partial charge in [0.25, 0.3) is 0 Å². The number of hydrogen-bond acceptors (Lipinski definition) is 4. The number of allylic oxidation sites excluding steroid dienone is 1. The van der Waals surface area contributed by atoms with Gasteiger partial charge in [-0.15, -0.1) is 0 Å². The molecule has 1 amide bonds. The smallest absolute Gasteiger partial charge is 0.249 e. The minimum Gasteiger partial charge on any atom is -0.394 e. The Morgan fingerprint density at radius 1 is 0.348 bits per heavy atom. The summed E-state index contributed by atoms with van der Waals surface area (Å²) < 4.78 is 0. The zero-order valence-corrected chi connectivity index (χ0v) is 47.2. The number of rotatable bonds is 60. The first-order chi connectivity index (χ1) is 34.1. The normalized spacial score (nSPS) is 13.2. The minimum atomic E-state index is -1.09. The summed E-state index contributed by atoms with van der Waals surface area (Å²) in [6.07, 6.45) is 76.1. The van der Waals surface area contributed by atoms with Crippen molar-refractivity contribution in [2.75, 3.05) is 6.61 Å². The highest BCUT2D eigenvalue weighted by atomic mass is 16.3. The van der Waals surface area contributed by atoms with Crippen molar-refractivity contribution in [1.82, 2.24) is 5.32 Å². The Balaban J connectivity index is 3.49. The lowest BCUT2D eigenvalue weighted by molar-refractivity contribution is -0.131. The molecule has 0 aromatic rings. The molecular weight excluding hydrogens is 847 g/mol. The molecular formula is C64H127NO4. The van der Waals surface area contributed by atoms with Gasteiger partial charge >= 0.3 is 0 Å². The molecule has 0 spiro atoms. The van der Waals surface area contributed by atoms with Crippen LogP contribution in [-0.2, 0) is 4.79 Å². The molecule has 0 radical (unpaired) electrons. The van der Waals surface area contributed by atoms with Crippen molar-refractivity contribution >= 4 is 5.91 Å². The van der Waals surface area contributed by atoms with Gasteiger partial charge in [-0.2, -0.15) is 0 Å². The van der Waals surface area contributed by atoms with Gasteiger partial charge in [0.15, 0.2) is 0 Å². The summed E-state index contributed by atoms with van der Waals surface area (Å²) >= 11 is 0. The highest BCUT2D eigenvalue weighted by Crippen LogP contribution is 2.19. The number of carbonyl (C=O) groups excluding carboxylic acids is 1. The van der Waals surface area contributed by atoms with Crippen molar-refractivity contribution in [2.24, 2.45) is 0 Å². The molecule has 4 N–H and O–H groups in total. The van der Waals surface area contributed by atoms with E-state index in [1.807, 2.05) is 6.08 Å². The van der Waals surface area contributed by atoms with Gasteiger partial charge in [-0.25, -0.2) is 0 Å². The second kappa shape index (κ2) is 59.7. The third-order valence-corrected chi connectivity index (χ3v) is 15.4. The van der Waals surface area contributed by atoms with Crippen LogP contribution in [0.3, 0.4) is 0 Å². The van der Waals surface area contributed by atoms with E-state index in [0.717, 1.165) is 32.1 Å². The van der Waals surface area contributed by atoms with Crippen LogP contribution in [0.4, 0.5) is 0 Å². The fraction of sp³-hybridized carbons (Fsp3) is 0.953. The zero-order valence-electron chi connectivity index (χ0n) is 47.2. The number of nitrogens with one attached hydrogen (secondary N) is 1. The van der Waals surface area contributed by atoms with Crippen LogP contribution in [0.5, 0.6) is 0 Å². The molecule has 0 saturated carbocycles. The van der Waals surface area contributed by atoms with Crippen molar-refractivity contribution in [3.8, 4) is 0 Å². The second-order valence-electron chi connectivity index (χ2n) is 22.3. The molecule has 0 aliphatic carbocycles. The Hall–Kier alpha value is -0.910. The number of unbranched alkanes of at least 4 members (excludes halogenated alkanes) is 52. The Bertz CT molecular complexity index is 987. The fourth-order valence-corrected chi connectivity index (χ4v) is 10.4. The second-order valence-corrected chi connectivity index (χ2v) is 22.3. The van der Waals surface area contributed by atoms with Crippen molar-refractivity contribution in [2.45, 2.75) is 385 Å². The molecule has 0 heterocycles. The summed E-state index contributed by atoms with van der Waals surface area (Å²) in [5.74, 6) is -0.494. The van der Waals surface area contributed by atoms with E-state index in [2.05, 4.69) is 19.2 Å². The summed E-state index contributed by atoms with van der Waals surface area (Å²) in [5.41, 5.74) is 0. The average molecular weight is 975 g/mol. The SMILES string of the molecule is CCCCCCCCCCCCCCCCCCCCCCCC/C=C/C(O)C(CO)NC(=O)C(O)CCCCCCCCCCCCCCCCCCCCCCCCCCCCCCCCC. The number of carbonyl (C=O) groups is 1. The van der Waals surface area contributed by atoms with Crippen LogP contribution in [0.25, 0.3) is 0 Å². The third-order valence-electron chi connectivity index (χ3n) is 15.4. The highest BCUT2D eigenvalue weighted by molar-refractivity contribution is 5.80. The number of aliphatic hydroxyl groups excluding tert-OH is 3. The molecule has 0 aliphatic rings. The summed E-state index contributed by atoms with van der Waals surface area (Å²) in [7, 11) is 0. The van der Waals surface area contributed by atoms with E-state index in [1.165, 1.54) is 315 Å². The largest absolute Gasteiger partial charge is 0.394 e. The van der Waals surface area contributed by atoms with Gasteiger partial charge in [-0.05, 0) is 19.3 Å². The Kier molecular flexibility index (Phi) is 58.9. The highest BCUT2D eigenvalue weighted by Gasteiger charge is 2.22. The van der Waals surface area contributed by atoms with Crippen molar-refractivity contribution in [3.05, 3.63) is 12.2 Å². The molecule has 412 valence electrons. The van der Waals surface area contributed by atoms with E-state index < -0.39 is 24.2 Å². The summed E-state index contributed by atoms with van der Waals surface area (Å²) in [4.78, 5) is 12.6. The topological polar surface area (TPSA) is 89.8 Å². The Labute approximate surface area is 433 Å². The van der Waals surface area contributed by atoms with Crippen LogP contribution >= 0.6 is 0 Å². The summed E-state index contributed by atoms with van der Waals surface area (Å²) in [6, 6.07) is -0.795. The maximum atomic E-state index is 12.6. The van der Waals surface area contributed by atoms with Crippen LogP contribution in [0, 0.1) is 0 Å². The van der Waals surface area contributed by atoms with Crippen LogP contribution in [0.1, 0.15) is 367 Å². The van der Waals surface area contributed by atoms with E-state index in [-0.39, 0.29) is 6.61 Å². The van der Waals surface area contributed by atoms with Gasteiger partial charge in [0.05, 0.1) is 18.8 Å². The quantitative estimate of drug-likeness (QED) is 0.0361. The van der Waals surface area contributed by atoms with Crippen LogP contribution < -0.4 is 5.32 Å². The molecule has 0 aromatic heterocycles. The first-order valence-corrected chi connectivity index (χ1v) is 32.0. The van der Waals surface area contributed by atoms with Crippen LogP contribution in [-0.4, -0.2) is 46.1 Å². The molecule has 0 bridgehead atoms. The predicted molar refractivity (Wildman–Crippen MR) is 305 cm³/mol. The average Bonchev–Trinajstić information content (AvgIpc) is 3.35. The first kappa shape index (κ1) is 68.1. The molecule has 5 heteroatoms. The zero-order chi connectivity index (χ0) is 50.0. The van der Waals surface area contributed by atoms with Crippen molar-refractivity contribution < 1.29 is 20.1 Å². The fourth-order valence-electron chi connectivity index (χ4n) is 10.4. The van der Waals surface area contributed by atoms with Gasteiger partial charge < -0.3 is 20.6 Å². The lowest BCUT2D eigenvalue weighted by Crippen LogP contribution is -2.48. The van der Waals surface area contributed by atoms with Crippen LogP contribution in [0.15, 0.2) is 12.2 Å². The monoisotopic (exact) mass is 974 g/mol. The van der Waals surface area contributed by atoms with Crippen LogP contribution in [0.2, 0.25) is 0 Å². The molecule has 0 aromatic carbocycles. The summed E-state index contributed by atoms with van der Waals surface area (Å²) in [6.45, 7) is 4.24. The summed E-state index contributed by atoms with van der Waals surface area (Å²) in [5, 5.41) is 33.5. The third kappa shape index (κ3) is 54.7. The first-order valence-electron chi connectivity index (χ1n) is 32.0. The van der Waals surface area contributed by atoms with Gasteiger partial charge in [0.2, 0.25) is 5.91 Å². The van der Waals surface area contributed by atoms with Crippen molar-refractivity contribution in [1.29, 1.82) is 0 Å². The van der Waals surface area contributed by atoms with Gasteiger partial charge in [-0.3, -0.25) is 4.79 Å². The lowest BCUT2D eigenvalue weighted by Gasteiger charge is -2.21. The number of amides is 1. The molecule has 0 saturated heterocycles. The van der Waals surface area contributed by atoms with E-state index in [0.29, 0.717) is 6.42 Å². The Morgan fingerprint density at radius 2 is 0.565 bits per heavy atom. The van der Waals surface area contributed by atoms with Gasteiger partial charge in [0.1, 0.15) is 6.10 Å². The van der Waals surface area contributed by atoms with E-state index in [9.17, 15) is 20.1 Å². The molecule has 0 aliphatic heterocycles. The molecule has 0 rings (SSSR count). The van der Waals surface area contributed by atoms with E-state index >= 15 is 0 Å².